The standard InChI is InChI=1S/C21H28O4/c1-12-10-17-15-5-4-13-11-14(22)6-8-19(13,2)16(15)7-9-20(17,3)21(12,25)18(23)24/h6,8,11-12,15-17,25H,4-5,7,9-10H2,1-3H3,(H,23,24)/t12-,15+,16-,17-,19-,20-,21-/m0/s1. The zero-order chi connectivity index (χ0) is 18.2. The topological polar surface area (TPSA) is 74.6 Å². The summed E-state index contributed by atoms with van der Waals surface area (Å²) in [5, 5.41) is 20.9. The average Bonchev–Trinajstić information content (AvgIpc) is 2.77. The number of aliphatic carboxylic acids is 1. The van der Waals surface area contributed by atoms with Gasteiger partial charge in [0.05, 0.1) is 0 Å². The van der Waals surface area contributed by atoms with E-state index in [0.29, 0.717) is 11.8 Å². The lowest BCUT2D eigenvalue weighted by molar-refractivity contribution is -0.186. The first-order valence-corrected chi connectivity index (χ1v) is 9.54. The van der Waals surface area contributed by atoms with Crippen LogP contribution in [-0.2, 0) is 9.59 Å². The van der Waals surface area contributed by atoms with Crippen LogP contribution >= 0.6 is 0 Å². The van der Waals surface area contributed by atoms with Gasteiger partial charge in [0.15, 0.2) is 11.4 Å². The summed E-state index contributed by atoms with van der Waals surface area (Å²) in [5.74, 6) is -0.137. The molecule has 3 saturated carbocycles. The van der Waals surface area contributed by atoms with Crippen molar-refractivity contribution in [3.05, 3.63) is 23.8 Å². The van der Waals surface area contributed by atoms with Crippen LogP contribution in [0.3, 0.4) is 0 Å². The van der Waals surface area contributed by atoms with Crippen molar-refractivity contribution in [3.8, 4) is 0 Å². The molecule has 4 nitrogen and oxygen atoms in total. The van der Waals surface area contributed by atoms with Gasteiger partial charge in [-0.1, -0.05) is 32.4 Å². The fourth-order valence-electron chi connectivity index (χ4n) is 7.00. The maximum absolute atomic E-state index is 12.0. The molecular weight excluding hydrogens is 316 g/mol. The maximum atomic E-state index is 12.0. The summed E-state index contributed by atoms with van der Waals surface area (Å²) >= 11 is 0. The molecule has 3 fully saturated rings. The van der Waals surface area contributed by atoms with E-state index in [1.807, 2.05) is 19.9 Å². The largest absolute Gasteiger partial charge is 0.479 e. The Morgan fingerprint density at radius 1 is 1.24 bits per heavy atom. The summed E-state index contributed by atoms with van der Waals surface area (Å²) in [5.41, 5.74) is -1.04. The molecule has 136 valence electrons. The van der Waals surface area contributed by atoms with Crippen LogP contribution in [0.15, 0.2) is 23.8 Å². The Morgan fingerprint density at radius 2 is 1.96 bits per heavy atom. The molecule has 0 aromatic rings. The number of carboxylic acids is 1. The zero-order valence-corrected chi connectivity index (χ0v) is 15.3. The number of carboxylic acid groups (broad SMARTS) is 1. The Morgan fingerprint density at radius 3 is 2.64 bits per heavy atom. The number of aliphatic hydroxyl groups is 1. The summed E-state index contributed by atoms with van der Waals surface area (Å²) in [4.78, 5) is 23.8. The molecule has 4 heteroatoms. The summed E-state index contributed by atoms with van der Waals surface area (Å²) in [6.07, 6.45) is 9.92. The molecule has 0 bridgehead atoms. The second kappa shape index (κ2) is 5.06. The normalized spacial score (nSPS) is 51.4. The van der Waals surface area contributed by atoms with Crippen molar-refractivity contribution < 1.29 is 19.8 Å². The Bertz CT molecular complexity index is 707. The van der Waals surface area contributed by atoms with Gasteiger partial charge in [-0.2, -0.15) is 0 Å². The number of hydrogen-bond acceptors (Lipinski definition) is 3. The van der Waals surface area contributed by atoms with Crippen molar-refractivity contribution in [1.82, 2.24) is 0 Å². The summed E-state index contributed by atoms with van der Waals surface area (Å²) in [6, 6.07) is 0. The minimum absolute atomic E-state index is 0.0845. The third kappa shape index (κ3) is 1.92. The van der Waals surface area contributed by atoms with E-state index >= 15 is 0 Å². The molecule has 4 rings (SSSR count). The Labute approximate surface area is 149 Å². The van der Waals surface area contributed by atoms with Crippen molar-refractivity contribution in [1.29, 1.82) is 0 Å². The highest BCUT2D eigenvalue weighted by atomic mass is 16.4. The highest BCUT2D eigenvalue weighted by Crippen LogP contribution is 2.68. The Kier molecular flexibility index (Phi) is 3.45. The number of hydrogen-bond donors (Lipinski definition) is 2. The van der Waals surface area contributed by atoms with Crippen molar-refractivity contribution in [2.24, 2.45) is 34.5 Å². The molecule has 0 spiro atoms. The van der Waals surface area contributed by atoms with Gasteiger partial charge in [-0.05, 0) is 67.9 Å². The third-order valence-electron chi connectivity index (χ3n) is 8.46. The van der Waals surface area contributed by atoms with Gasteiger partial charge in [-0.15, -0.1) is 0 Å². The molecular formula is C21H28O4. The molecule has 0 aromatic heterocycles. The highest BCUT2D eigenvalue weighted by molar-refractivity contribution is 6.01. The van der Waals surface area contributed by atoms with E-state index in [2.05, 4.69) is 13.0 Å². The molecule has 0 radical (unpaired) electrons. The van der Waals surface area contributed by atoms with Gasteiger partial charge in [-0.25, -0.2) is 4.79 Å². The second-order valence-electron chi connectivity index (χ2n) is 9.27. The fraction of sp³-hybridized carbons (Fsp3) is 0.714. The second-order valence-corrected chi connectivity index (χ2v) is 9.27. The number of carbonyl (C=O) groups excluding carboxylic acids is 1. The van der Waals surface area contributed by atoms with Gasteiger partial charge in [0.1, 0.15) is 0 Å². The van der Waals surface area contributed by atoms with Gasteiger partial charge in [0.25, 0.3) is 0 Å². The SMILES string of the molecule is C[C@H]1C[C@H]2[C@@H]3CCC4=CC(=O)C=C[C@]4(C)[C@H]3CC[C@]2(C)[C@@]1(O)C(=O)O. The average molecular weight is 344 g/mol. The monoisotopic (exact) mass is 344 g/mol. The Balaban J connectivity index is 1.74. The van der Waals surface area contributed by atoms with Crippen LogP contribution < -0.4 is 0 Å². The van der Waals surface area contributed by atoms with E-state index in [1.165, 1.54) is 5.57 Å². The predicted molar refractivity (Wildman–Crippen MR) is 93.7 cm³/mol. The van der Waals surface area contributed by atoms with E-state index in [9.17, 15) is 19.8 Å². The van der Waals surface area contributed by atoms with Crippen LogP contribution in [0.1, 0.15) is 52.9 Å². The van der Waals surface area contributed by atoms with E-state index in [1.54, 1.807) is 6.08 Å². The van der Waals surface area contributed by atoms with Crippen LogP contribution in [0.4, 0.5) is 0 Å². The number of allylic oxidation sites excluding steroid dienone is 4. The van der Waals surface area contributed by atoms with Gasteiger partial charge in [0, 0.05) is 10.8 Å². The molecule has 0 aliphatic heterocycles. The summed E-state index contributed by atoms with van der Waals surface area (Å²) < 4.78 is 0. The van der Waals surface area contributed by atoms with Crippen molar-refractivity contribution in [3.63, 3.8) is 0 Å². The van der Waals surface area contributed by atoms with Crippen molar-refractivity contribution in [2.75, 3.05) is 0 Å². The fourth-order valence-corrected chi connectivity index (χ4v) is 7.00. The van der Waals surface area contributed by atoms with Gasteiger partial charge in [-0.3, -0.25) is 4.79 Å². The van der Waals surface area contributed by atoms with E-state index < -0.39 is 17.0 Å². The van der Waals surface area contributed by atoms with E-state index in [0.717, 1.165) is 32.1 Å². The van der Waals surface area contributed by atoms with Gasteiger partial charge in [0.2, 0.25) is 0 Å². The molecule has 4 aliphatic carbocycles. The lowest BCUT2D eigenvalue weighted by atomic mass is 9.47. The Hall–Kier alpha value is -1.42. The number of ketones is 1. The number of fused-ring (bicyclic) bond motifs is 5. The molecule has 0 amide bonds. The first-order valence-electron chi connectivity index (χ1n) is 9.54. The van der Waals surface area contributed by atoms with Gasteiger partial charge < -0.3 is 10.2 Å². The van der Waals surface area contributed by atoms with Crippen molar-refractivity contribution >= 4 is 11.8 Å². The molecule has 0 unspecified atom stereocenters. The summed E-state index contributed by atoms with van der Waals surface area (Å²) in [6.45, 7) is 6.13. The molecule has 0 aromatic carbocycles. The lowest BCUT2D eigenvalue weighted by Gasteiger charge is -2.57. The lowest BCUT2D eigenvalue weighted by Crippen LogP contribution is -2.58. The van der Waals surface area contributed by atoms with Crippen LogP contribution in [0.2, 0.25) is 0 Å². The van der Waals surface area contributed by atoms with Gasteiger partial charge >= 0.3 is 5.97 Å². The van der Waals surface area contributed by atoms with Crippen LogP contribution in [-0.4, -0.2) is 27.6 Å². The number of carbonyl (C=O) groups is 2. The predicted octanol–water partition coefficient (Wildman–Crippen LogP) is 3.36. The first kappa shape index (κ1) is 17.0. The van der Waals surface area contributed by atoms with E-state index in [4.69, 9.17) is 0 Å². The quantitative estimate of drug-likeness (QED) is 0.765. The molecule has 4 aliphatic rings. The third-order valence-corrected chi connectivity index (χ3v) is 8.46. The smallest absolute Gasteiger partial charge is 0.336 e. The van der Waals surface area contributed by atoms with Crippen LogP contribution in [0.5, 0.6) is 0 Å². The molecule has 0 heterocycles. The minimum Gasteiger partial charge on any atom is -0.479 e. The molecule has 2 N–H and O–H groups in total. The minimum atomic E-state index is -1.63. The summed E-state index contributed by atoms with van der Waals surface area (Å²) in [7, 11) is 0. The highest BCUT2D eigenvalue weighted by Gasteiger charge is 2.69. The maximum Gasteiger partial charge on any atom is 0.336 e. The molecule has 25 heavy (non-hydrogen) atoms. The van der Waals surface area contributed by atoms with Crippen LogP contribution in [0.25, 0.3) is 0 Å². The first-order chi connectivity index (χ1) is 11.6. The number of rotatable bonds is 1. The zero-order valence-electron chi connectivity index (χ0n) is 15.3. The van der Waals surface area contributed by atoms with E-state index in [-0.39, 0.29) is 23.0 Å². The molecule has 7 atom stereocenters. The van der Waals surface area contributed by atoms with Crippen LogP contribution in [0, 0.1) is 34.5 Å². The van der Waals surface area contributed by atoms with Crippen molar-refractivity contribution in [2.45, 2.75) is 58.5 Å². The molecule has 0 saturated heterocycles.